The van der Waals surface area contributed by atoms with Crippen molar-refractivity contribution >= 4 is 59.1 Å². The third-order valence-electron chi connectivity index (χ3n) is 1.54. The highest BCUT2D eigenvalue weighted by atomic mass is 127. The van der Waals surface area contributed by atoms with Crippen LogP contribution in [0.5, 0.6) is 0 Å². The Hall–Kier alpha value is -0.240. The summed E-state index contributed by atoms with van der Waals surface area (Å²) in [5.74, 6) is 4.87. The first-order valence-electron chi connectivity index (χ1n) is 3.53. The number of ether oxygens (including phenoxy) is 1. The van der Waals surface area contributed by atoms with Crippen molar-refractivity contribution in [3.8, 4) is 0 Å². The van der Waals surface area contributed by atoms with Crippen molar-refractivity contribution < 1.29 is 9.53 Å². The van der Waals surface area contributed by atoms with Gasteiger partial charge >= 0.3 is 5.97 Å². The highest BCUT2D eigenvalue weighted by Crippen LogP contribution is 2.17. The quantitative estimate of drug-likeness (QED) is 0.365. The molecule has 7 heteroatoms. The van der Waals surface area contributed by atoms with Gasteiger partial charge in [-0.1, -0.05) is 0 Å². The van der Waals surface area contributed by atoms with E-state index >= 15 is 0 Å². The first-order chi connectivity index (χ1) is 6.19. The van der Waals surface area contributed by atoms with Crippen molar-refractivity contribution in [1.29, 1.82) is 0 Å². The van der Waals surface area contributed by atoms with Crippen LogP contribution in [0.1, 0.15) is 10.4 Å². The van der Waals surface area contributed by atoms with Gasteiger partial charge in [0.25, 0.3) is 0 Å². The van der Waals surface area contributed by atoms with Crippen LogP contribution in [0.2, 0.25) is 0 Å². The van der Waals surface area contributed by atoms with E-state index in [4.69, 9.17) is 5.84 Å². The summed E-state index contributed by atoms with van der Waals surface area (Å²) >= 11 is 2.05. The fourth-order valence-electron chi connectivity index (χ4n) is 0.880. The molecule has 0 aliphatic carbocycles. The molecule has 0 bridgehead atoms. The number of nitrogens with two attached hydrogens (primary N) is 1. The Balaban J connectivity index is 0. The second-order valence-corrected chi connectivity index (χ2v) is 3.49. The van der Waals surface area contributed by atoms with E-state index < -0.39 is 0 Å². The van der Waals surface area contributed by atoms with Crippen molar-refractivity contribution in [3.63, 3.8) is 0 Å². The molecule has 0 radical (unpaired) electrons. The zero-order valence-electron chi connectivity index (χ0n) is 7.82. The van der Waals surface area contributed by atoms with Gasteiger partial charge in [-0.3, -0.25) is 5.84 Å². The number of nitrogen functional groups attached to an aromatic ring is 1. The van der Waals surface area contributed by atoms with Crippen LogP contribution in [0.4, 0.5) is 5.69 Å². The highest BCUT2D eigenvalue weighted by molar-refractivity contribution is 14.1. The molecule has 86 valence electrons. The number of hydrogen-bond acceptors (Lipinski definition) is 4. The predicted molar refractivity (Wildman–Crippen MR) is 72.8 cm³/mol. The van der Waals surface area contributed by atoms with Crippen molar-refractivity contribution in [2.24, 2.45) is 5.84 Å². The summed E-state index contributed by atoms with van der Waals surface area (Å²) in [4.78, 5) is 11.2. The number of halogens is 3. The molecule has 0 aliphatic heterocycles. The van der Waals surface area contributed by atoms with Crippen molar-refractivity contribution in [2.75, 3.05) is 12.5 Å². The second kappa shape index (κ2) is 7.98. The van der Waals surface area contributed by atoms with Crippen LogP contribution in [-0.4, -0.2) is 13.1 Å². The first kappa shape index (κ1) is 17.2. The van der Waals surface area contributed by atoms with Crippen LogP contribution in [0.3, 0.4) is 0 Å². The predicted octanol–water partition coefficient (Wildman–Crippen LogP) is 2.21. The number of methoxy groups -OCH3 is 1. The standard InChI is InChI=1S/C8H9IN2O2.2ClH/c1-13-8(12)6-3-2-5(11-10)4-7(6)9;;/h2-4,11H,10H2,1H3;2*1H. The second-order valence-electron chi connectivity index (χ2n) is 2.33. The molecule has 1 aromatic rings. The van der Waals surface area contributed by atoms with Crippen molar-refractivity contribution in [2.45, 2.75) is 0 Å². The minimum Gasteiger partial charge on any atom is -0.465 e. The molecule has 0 saturated heterocycles. The number of hydrogen-bond donors (Lipinski definition) is 2. The van der Waals surface area contributed by atoms with Gasteiger partial charge in [-0.15, -0.1) is 24.8 Å². The first-order valence-corrected chi connectivity index (χ1v) is 4.61. The monoisotopic (exact) mass is 364 g/mol. The molecule has 0 atom stereocenters. The molecule has 0 aliphatic rings. The summed E-state index contributed by atoms with van der Waals surface area (Å²) in [6.45, 7) is 0. The Bertz CT molecular complexity index is 336. The average Bonchev–Trinajstić information content (AvgIpc) is 2.16. The van der Waals surface area contributed by atoms with Crippen LogP contribution >= 0.6 is 47.4 Å². The fraction of sp³-hybridized carbons (Fsp3) is 0.125. The van der Waals surface area contributed by atoms with Gasteiger partial charge in [0.05, 0.1) is 12.7 Å². The van der Waals surface area contributed by atoms with Crippen LogP contribution in [-0.2, 0) is 4.74 Å². The zero-order chi connectivity index (χ0) is 9.84. The van der Waals surface area contributed by atoms with E-state index in [-0.39, 0.29) is 30.8 Å². The molecular formula is C8H11Cl2IN2O2. The largest absolute Gasteiger partial charge is 0.465 e. The van der Waals surface area contributed by atoms with E-state index in [0.29, 0.717) is 5.56 Å². The smallest absolute Gasteiger partial charge is 0.338 e. The van der Waals surface area contributed by atoms with Crippen molar-refractivity contribution in [3.05, 3.63) is 27.3 Å². The number of hydrazine groups is 1. The van der Waals surface area contributed by atoms with E-state index in [0.717, 1.165) is 9.26 Å². The fourth-order valence-corrected chi connectivity index (χ4v) is 1.62. The van der Waals surface area contributed by atoms with Crippen molar-refractivity contribution in [1.82, 2.24) is 0 Å². The molecule has 0 spiro atoms. The van der Waals surface area contributed by atoms with Gasteiger partial charge in [0, 0.05) is 9.26 Å². The summed E-state index contributed by atoms with van der Waals surface area (Å²) in [5, 5.41) is 0. The van der Waals surface area contributed by atoms with Gasteiger partial charge in [-0.05, 0) is 40.8 Å². The Morgan fingerprint density at radius 2 is 2.07 bits per heavy atom. The number of carbonyl (C=O) groups is 1. The number of esters is 1. The van der Waals surface area contributed by atoms with Gasteiger partial charge in [-0.2, -0.15) is 0 Å². The van der Waals surface area contributed by atoms with Gasteiger partial charge in [0.15, 0.2) is 0 Å². The van der Waals surface area contributed by atoms with Gasteiger partial charge in [0.2, 0.25) is 0 Å². The van der Waals surface area contributed by atoms with Crippen LogP contribution in [0, 0.1) is 3.57 Å². The molecule has 0 heterocycles. The number of carbonyl (C=O) groups excluding carboxylic acids is 1. The van der Waals surface area contributed by atoms with Crippen LogP contribution in [0.15, 0.2) is 18.2 Å². The maximum Gasteiger partial charge on any atom is 0.338 e. The maximum absolute atomic E-state index is 11.2. The average molecular weight is 365 g/mol. The topological polar surface area (TPSA) is 64.3 Å². The molecular weight excluding hydrogens is 354 g/mol. The SMILES string of the molecule is COC(=O)c1ccc(NN)cc1I.Cl.Cl. The zero-order valence-corrected chi connectivity index (χ0v) is 11.6. The van der Waals surface area contributed by atoms with Crippen LogP contribution < -0.4 is 11.3 Å². The molecule has 1 aromatic carbocycles. The lowest BCUT2D eigenvalue weighted by Crippen LogP contribution is -2.09. The summed E-state index contributed by atoms with van der Waals surface area (Å²) < 4.78 is 5.40. The van der Waals surface area contributed by atoms with Gasteiger partial charge < -0.3 is 10.2 Å². The van der Waals surface area contributed by atoms with E-state index in [2.05, 4.69) is 32.8 Å². The van der Waals surface area contributed by atoms with E-state index in [1.807, 2.05) is 0 Å². The lowest BCUT2D eigenvalue weighted by molar-refractivity contribution is 0.0599. The number of nitrogens with one attached hydrogen (secondary N) is 1. The normalized spacial score (nSPS) is 8.20. The molecule has 0 amide bonds. The molecule has 1 rings (SSSR count). The lowest BCUT2D eigenvalue weighted by Gasteiger charge is -2.04. The summed E-state index contributed by atoms with van der Waals surface area (Å²) in [6, 6.07) is 5.16. The molecule has 0 unspecified atom stereocenters. The molecule has 0 saturated carbocycles. The summed E-state index contributed by atoms with van der Waals surface area (Å²) in [7, 11) is 1.35. The van der Waals surface area contributed by atoms with Gasteiger partial charge in [0.1, 0.15) is 0 Å². The Morgan fingerprint density at radius 3 is 2.47 bits per heavy atom. The Kier molecular flexibility index (Phi) is 9.13. The molecule has 0 fully saturated rings. The van der Waals surface area contributed by atoms with E-state index in [1.165, 1.54) is 7.11 Å². The van der Waals surface area contributed by atoms with Crippen LogP contribution in [0.25, 0.3) is 0 Å². The minimum absolute atomic E-state index is 0. The third kappa shape index (κ3) is 4.42. The van der Waals surface area contributed by atoms with E-state index in [1.54, 1.807) is 18.2 Å². The third-order valence-corrected chi connectivity index (χ3v) is 2.43. The molecule has 4 nitrogen and oxygen atoms in total. The Labute approximate surface area is 114 Å². The lowest BCUT2D eigenvalue weighted by atomic mass is 10.2. The highest BCUT2D eigenvalue weighted by Gasteiger charge is 2.09. The molecule has 15 heavy (non-hydrogen) atoms. The summed E-state index contributed by atoms with van der Waals surface area (Å²) in [6.07, 6.45) is 0. The maximum atomic E-state index is 11.2. The minimum atomic E-state index is -0.340. The molecule has 0 aromatic heterocycles. The number of benzene rings is 1. The summed E-state index contributed by atoms with van der Waals surface area (Å²) in [5.41, 5.74) is 3.80. The Morgan fingerprint density at radius 1 is 1.47 bits per heavy atom. The van der Waals surface area contributed by atoms with Gasteiger partial charge in [-0.25, -0.2) is 4.79 Å². The van der Waals surface area contributed by atoms with E-state index in [9.17, 15) is 4.79 Å². The number of rotatable bonds is 2. The number of anilines is 1. The molecule has 3 N–H and O–H groups in total.